The van der Waals surface area contributed by atoms with Crippen LogP contribution in [0.5, 0.6) is 0 Å². The number of halogens is 9. The molecule has 0 bridgehead atoms. The predicted molar refractivity (Wildman–Crippen MR) is 135 cm³/mol. The van der Waals surface area contributed by atoms with Crippen molar-refractivity contribution in [3.63, 3.8) is 0 Å². The highest BCUT2D eigenvalue weighted by atomic mass is 80.0. The first kappa shape index (κ1) is 25.1. The highest BCUT2D eigenvalue weighted by Gasteiger charge is 2.77. The molecule has 0 N–H and O–H groups in total. The normalized spacial score (nSPS) is 15.6. The molecule has 14 heteroatoms. The summed E-state index contributed by atoms with van der Waals surface area (Å²) < 4.78 is -3.48. The standard InChI is InChI=1S/C6H14Br9NSi4/c1-5(2)16(6(3)4)20(17(7,8)9,18(10,11)12)19(13,14)15/h5-6H,1-4H3. The third kappa shape index (κ3) is 5.33. The van der Waals surface area contributed by atoms with Crippen molar-refractivity contribution in [1.82, 2.24) is 4.57 Å². The van der Waals surface area contributed by atoms with Crippen LogP contribution in [0.1, 0.15) is 27.7 Å². The van der Waals surface area contributed by atoms with Crippen molar-refractivity contribution in [3.8, 4) is 0 Å². The second kappa shape index (κ2) is 8.89. The Morgan fingerprint density at radius 1 is 0.550 bits per heavy atom. The molecule has 0 rings (SSSR count). The van der Waals surface area contributed by atoms with Gasteiger partial charge in [0, 0.05) is 0 Å². The van der Waals surface area contributed by atoms with E-state index in [0.717, 1.165) is 0 Å². The number of nitrogens with zero attached hydrogens (tertiary/aromatic N) is 1. The van der Waals surface area contributed by atoms with E-state index < -0.39 is 17.1 Å². The second-order valence-electron chi connectivity index (χ2n) is 4.80. The molecule has 0 aliphatic heterocycles. The first-order valence-electron chi connectivity index (χ1n) is 5.50. The van der Waals surface area contributed by atoms with Crippen molar-refractivity contribution in [1.29, 1.82) is 0 Å². The Balaban J connectivity index is 6.60. The minimum Gasteiger partial charge on any atom is -0.319 e. The van der Waals surface area contributed by atoms with Crippen molar-refractivity contribution >= 4 is 155 Å². The van der Waals surface area contributed by atoms with E-state index in [1.165, 1.54) is 0 Å². The summed E-state index contributed by atoms with van der Waals surface area (Å²) in [4.78, 5) is 0. The second-order valence-corrected chi connectivity index (χ2v) is 108. The summed E-state index contributed by atoms with van der Waals surface area (Å²) in [6.45, 7) is 6.88. The topological polar surface area (TPSA) is 3.24 Å². The van der Waals surface area contributed by atoms with Crippen LogP contribution in [0.25, 0.3) is 0 Å². The van der Waals surface area contributed by atoms with Crippen LogP contribution in [-0.4, -0.2) is 33.8 Å². The molecular weight excluding hydrogens is 918 g/mol. The van der Waals surface area contributed by atoms with Crippen LogP contribution in [0.2, 0.25) is 0 Å². The summed E-state index contributed by atoms with van der Waals surface area (Å²) in [5.74, 6) is 0. The molecule has 0 aromatic rings. The average molecular weight is 932 g/mol. The van der Waals surface area contributed by atoms with Crippen LogP contribution in [0.4, 0.5) is 0 Å². The number of rotatable bonds is 6. The largest absolute Gasteiger partial charge is 0.319 e. The van der Waals surface area contributed by atoms with Crippen molar-refractivity contribution < 1.29 is 0 Å². The van der Waals surface area contributed by atoms with Crippen molar-refractivity contribution in [2.75, 3.05) is 0 Å². The summed E-state index contributed by atoms with van der Waals surface area (Å²) in [6, 6.07) is 0.862. The molecule has 0 aliphatic carbocycles. The lowest BCUT2D eigenvalue weighted by atomic mass is 10.3. The molecule has 122 valence electrons. The molecule has 0 unspecified atom stereocenters. The fourth-order valence-electron chi connectivity index (χ4n) is 2.29. The summed E-state index contributed by atoms with van der Waals surface area (Å²) in [7, 11) is 0. The van der Waals surface area contributed by atoms with Gasteiger partial charge in [-0.25, -0.2) is 0 Å². The Kier molecular flexibility index (Phi) is 11.2. The van der Waals surface area contributed by atoms with Gasteiger partial charge in [0.05, 0.1) is 0 Å². The third-order valence-corrected chi connectivity index (χ3v) is 143. The monoisotopic (exact) mass is 922 g/mol. The summed E-state index contributed by atoms with van der Waals surface area (Å²) in [5, 5.41) is 0. The molecule has 0 aromatic carbocycles. The van der Waals surface area contributed by atoms with E-state index in [9.17, 15) is 0 Å². The van der Waals surface area contributed by atoms with E-state index in [0.29, 0.717) is 12.1 Å². The molecule has 0 saturated heterocycles. The molecule has 0 radical (unpaired) electrons. The fourth-order valence-corrected chi connectivity index (χ4v) is 380. The highest BCUT2D eigenvalue weighted by molar-refractivity contribution is 9.84. The first-order chi connectivity index (χ1) is 8.51. The molecular formula is C6H14Br9NSi4. The number of hydrogen-bond donors (Lipinski definition) is 0. The van der Waals surface area contributed by atoms with Gasteiger partial charge in [-0.3, -0.25) is 0 Å². The Labute approximate surface area is 195 Å². The molecule has 0 amide bonds. The zero-order valence-corrected chi connectivity index (χ0v) is 29.3. The molecule has 0 fully saturated rings. The van der Waals surface area contributed by atoms with E-state index in [2.05, 4.69) is 170 Å². The summed E-state index contributed by atoms with van der Waals surface area (Å²) in [5.41, 5.74) is 0. The smallest absolute Gasteiger partial charge is 0.271 e. The fraction of sp³-hybridized carbons (Fsp3) is 1.00. The maximum atomic E-state index is 3.99. The maximum Gasteiger partial charge on any atom is 0.271 e. The molecule has 0 heterocycles. The zero-order valence-electron chi connectivity index (χ0n) is 11.0. The van der Waals surface area contributed by atoms with Crippen LogP contribution in [0, 0.1) is 0 Å². The molecule has 1 nitrogen and oxygen atoms in total. The summed E-state index contributed by atoms with van der Waals surface area (Å²) in [6.07, 6.45) is 0. The van der Waals surface area contributed by atoms with Crippen molar-refractivity contribution in [2.24, 2.45) is 0 Å². The van der Waals surface area contributed by atoms with Gasteiger partial charge in [0.25, 0.3) is 10.3 Å². The summed E-state index contributed by atoms with van der Waals surface area (Å²) >= 11 is 35.9. The van der Waals surface area contributed by atoms with E-state index >= 15 is 0 Å². The maximum absolute atomic E-state index is 3.99. The molecule has 20 heavy (non-hydrogen) atoms. The van der Waals surface area contributed by atoms with Gasteiger partial charge in [0.15, 0.2) is 0 Å². The third-order valence-electron chi connectivity index (χ3n) is 2.73. The molecule has 0 saturated carbocycles. The van der Waals surface area contributed by atoms with Gasteiger partial charge in [-0.2, -0.15) is 0 Å². The van der Waals surface area contributed by atoms with Crippen LogP contribution in [-0.2, 0) is 0 Å². The van der Waals surface area contributed by atoms with Gasteiger partial charge in [-0.05, 0) is 12.1 Å². The minimum absolute atomic E-state index is 0.431. The number of hydrogen-bond acceptors (Lipinski definition) is 1. The van der Waals surface area contributed by atoms with Gasteiger partial charge in [-0.15, -0.1) is 0 Å². The van der Waals surface area contributed by atoms with E-state index in [4.69, 9.17) is 0 Å². The van der Waals surface area contributed by atoms with E-state index in [-0.39, 0.29) is 0 Å². The molecule has 0 aromatic heterocycles. The van der Waals surface area contributed by atoms with Crippen molar-refractivity contribution in [2.45, 2.75) is 39.8 Å². The molecule has 0 atom stereocenters. The van der Waals surface area contributed by atoms with Gasteiger partial charge < -0.3 is 4.57 Å². The predicted octanol–water partition coefficient (Wildman–Crippen LogP) is 7.66. The van der Waals surface area contributed by atoms with Gasteiger partial charge in [0.2, 0.25) is 6.79 Å². The van der Waals surface area contributed by atoms with Gasteiger partial charge in [-0.1, -0.05) is 165 Å². The highest BCUT2D eigenvalue weighted by Crippen LogP contribution is 2.59. The average Bonchev–Trinajstić information content (AvgIpc) is 2.04. The Bertz CT molecular complexity index is 289. The first-order valence-corrected chi connectivity index (χ1v) is 36.8. The van der Waals surface area contributed by atoms with Crippen LogP contribution in [0.3, 0.4) is 0 Å². The Morgan fingerprint density at radius 2 is 0.750 bits per heavy atom. The van der Waals surface area contributed by atoms with Crippen molar-refractivity contribution in [3.05, 3.63) is 0 Å². The van der Waals surface area contributed by atoms with E-state index in [1.807, 2.05) is 0 Å². The lowest BCUT2D eigenvalue weighted by Gasteiger charge is -2.56. The SMILES string of the molecule is CC(C)N(C(C)C)[Si]([Si](Br)(Br)Br)([Si](Br)(Br)Br)[Si](Br)(Br)Br. The Hall–Kier alpha value is 5.15. The van der Waals surface area contributed by atoms with Crippen LogP contribution < -0.4 is 0 Å². The van der Waals surface area contributed by atoms with Crippen LogP contribution >= 0.6 is 138 Å². The van der Waals surface area contributed by atoms with Crippen LogP contribution in [0.15, 0.2) is 0 Å². The lowest BCUT2D eigenvalue weighted by molar-refractivity contribution is 0.310. The molecule has 0 spiro atoms. The zero-order chi connectivity index (χ0) is 16.7. The van der Waals surface area contributed by atoms with Gasteiger partial charge in [0.1, 0.15) is 0 Å². The van der Waals surface area contributed by atoms with E-state index in [1.54, 1.807) is 0 Å². The lowest BCUT2D eigenvalue weighted by Crippen LogP contribution is -2.85. The quantitative estimate of drug-likeness (QED) is 0.196. The Morgan fingerprint density at radius 3 is 0.800 bits per heavy atom. The van der Waals surface area contributed by atoms with Gasteiger partial charge >= 0.3 is 0 Å². The minimum atomic E-state index is -2.16. The molecule has 0 aliphatic rings.